The number of hydrogen-bond donors (Lipinski definition) is 1. The minimum Gasteiger partial charge on any atom is -0.368 e. The summed E-state index contributed by atoms with van der Waals surface area (Å²) in [6.45, 7) is 8.77. The number of nitrogens with two attached hydrogens (primary N) is 1. The van der Waals surface area contributed by atoms with Gasteiger partial charge in [0.15, 0.2) is 0 Å². The van der Waals surface area contributed by atoms with Gasteiger partial charge in [0.1, 0.15) is 0 Å². The Labute approximate surface area is 124 Å². The summed E-state index contributed by atoms with van der Waals surface area (Å²) in [5, 5.41) is 0. The fourth-order valence-electron chi connectivity index (χ4n) is 2.66. The molecule has 0 amide bonds. The summed E-state index contributed by atoms with van der Waals surface area (Å²) in [7, 11) is 0. The predicted octanol–water partition coefficient (Wildman–Crippen LogP) is 2.48. The third-order valence-electron chi connectivity index (χ3n) is 3.70. The third kappa shape index (κ3) is 3.94. The van der Waals surface area contributed by atoms with E-state index in [1.54, 1.807) is 0 Å². The van der Waals surface area contributed by atoms with Crippen LogP contribution in [0.15, 0.2) is 22.7 Å². The molecule has 1 saturated heterocycles. The summed E-state index contributed by atoms with van der Waals surface area (Å²) in [5.41, 5.74) is 8.23. The van der Waals surface area contributed by atoms with Crippen molar-refractivity contribution in [1.82, 2.24) is 4.90 Å². The van der Waals surface area contributed by atoms with Gasteiger partial charge in [0, 0.05) is 30.7 Å². The highest BCUT2D eigenvalue weighted by Gasteiger charge is 2.18. The summed E-state index contributed by atoms with van der Waals surface area (Å²) in [6, 6.07) is 6.64. The standard InChI is InChI=1S/C15H24BrN3/c1-2-7-18-8-10-19(11-9-18)15-4-3-13(5-6-17)12-14(15)16/h3-4,12H,2,5-11,17H2,1H3. The maximum atomic E-state index is 5.60. The Morgan fingerprint density at radius 3 is 2.53 bits per heavy atom. The molecule has 4 heteroatoms. The lowest BCUT2D eigenvalue weighted by atomic mass is 10.1. The van der Waals surface area contributed by atoms with Crippen LogP contribution in [0.5, 0.6) is 0 Å². The molecule has 0 atom stereocenters. The van der Waals surface area contributed by atoms with Crippen molar-refractivity contribution in [2.45, 2.75) is 19.8 Å². The van der Waals surface area contributed by atoms with Crippen LogP contribution in [0, 0.1) is 0 Å². The van der Waals surface area contributed by atoms with E-state index in [9.17, 15) is 0 Å². The van der Waals surface area contributed by atoms with E-state index in [0.717, 1.165) is 19.5 Å². The van der Waals surface area contributed by atoms with Crippen molar-refractivity contribution in [3.63, 3.8) is 0 Å². The summed E-state index contributed by atoms with van der Waals surface area (Å²) in [5.74, 6) is 0. The number of piperazine rings is 1. The van der Waals surface area contributed by atoms with E-state index in [2.05, 4.69) is 50.9 Å². The lowest BCUT2D eigenvalue weighted by Crippen LogP contribution is -2.46. The van der Waals surface area contributed by atoms with Crippen molar-refractivity contribution in [2.24, 2.45) is 5.73 Å². The maximum absolute atomic E-state index is 5.60. The molecule has 106 valence electrons. The first-order valence-electron chi connectivity index (χ1n) is 7.20. The average molecular weight is 326 g/mol. The second-order valence-corrected chi connectivity index (χ2v) is 6.01. The van der Waals surface area contributed by atoms with Crippen LogP contribution >= 0.6 is 15.9 Å². The topological polar surface area (TPSA) is 32.5 Å². The van der Waals surface area contributed by atoms with Crippen LogP contribution in [0.4, 0.5) is 5.69 Å². The Morgan fingerprint density at radius 2 is 1.95 bits per heavy atom. The molecule has 19 heavy (non-hydrogen) atoms. The molecule has 2 rings (SSSR count). The summed E-state index contributed by atoms with van der Waals surface area (Å²) < 4.78 is 1.20. The highest BCUT2D eigenvalue weighted by Crippen LogP contribution is 2.28. The molecule has 1 aromatic carbocycles. The summed E-state index contributed by atoms with van der Waals surface area (Å²) in [4.78, 5) is 5.02. The Morgan fingerprint density at radius 1 is 1.21 bits per heavy atom. The molecule has 0 radical (unpaired) electrons. The number of hydrogen-bond acceptors (Lipinski definition) is 3. The van der Waals surface area contributed by atoms with Gasteiger partial charge in [-0.15, -0.1) is 0 Å². The first-order valence-corrected chi connectivity index (χ1v) is 7.99. The zero-order valence-corrected chi connectivity index (χ0v) is 13.3. The van der Waals surface area contributed by atoms with Gasteiger partial charge in [-0.3, -0.25) is 4.90 Å². The molecule has 1 aliphatic heterocycles. The predicted molar refractivity (Wildman–Crippen MR) is 85.8 cm³/mol. The SMILES string of the molecule is CCCN1CCN(c2ccc(CCN)cc2Br)CC1. The average Bonchev–Trinajstić information content (AvgIpc) is 2.41. The molecule has 3 nitrogen and oxygen atoms in total. The van der Waals surface area contributed by atoms with Crippen LogP contribution in [-0.2, 0) is 6.42 Å². The second-order valence-electron chi connectivity index (χ2n) is 5.15. The van der Waals surface area contributed by atoms with Crippen molar-refractivity contribution < 1.29 is 0 Å². The fourth-order valence-corrected chi connectivity index (χ4v) is 3.33. The highest BCUT2D eigenvalue weighted by molar-refractivity contribution is 9.10. The Balaban J connectivity index is 1.99. The zero-order valence-electron chi connectivity index (χ0n) is 11.7. The van der Waals surface area contributed by atoms with E-state index in [1.807, 2.05) is 0 Å². The smallest absolute Gasteiger partial charge is 0.0511 e. The van der Waals surface area contributed by atoms with E-state index in [-0.39, 0.29) is 0 Å². The van der Waals surface area contributed by atoms with Gasteiger partial charge in [-0.25, -0.2) is 0 Å². The quantitative estimate of drug-likeness (QED) is 0.902. The molecule has 0 unspecified atom stereocenters. The second kappa shape index (κ2) is 7.27. The van der Waals surface area contributed by atoms with Crippen LogP contribution < -0.4 is 10.6 Å². The van der Waals surface area contributed by atoms with Crippen molar-refractivity contribution >= 4 is 21.6 Å². The van der Waals surface area contributed by atoms with E-state index in [4.69, 9.17) is 5.73 Å². The van der Waals surface area contributed by atoms with Crippen LogP contribution in [0.2, 0.25) is 0 Å². The molecule has 1 aliphatic rings. The monoisotopic (exact) mass is 325 g/mol. The van der Waals surface area contributed by atoms with Crippen molar-refractivity contribution in [2.75, 3.05) is 44.2 Å². The van der Waals surface area contributed by atoms with Gasteiger partial charge < -0.3 is 10.6 Å². The van der Waals surface area contributed by atoms with Crippen LogP contribution in [-0.4, -0.2) is 44.2 Å². The largest absolute Gasteiger partial charge is 0.368 e. The van der Waals surface area contributed by atoms with Gasteiger partial charge >= 0.3 is 0 Å². The molecule has 0 saturated carbocycles. The summed E-state index contributed by atoms with van der Waals surface area (Å²) in [6.07, 6.45) is 2.20. The molecule has 1 heterocycles. The number of benzene rings is 1. The highest BCUT2D eigenvalue weighted by atomic mass is 79.9. The zero-order chi connectivity index (χ0) is 13.7. The van der Waals surface area contributed by atoms with Crippen LogP contribution in [0.1, 0.15) is 18.9 Å². The van der Waals surface area contributed by atoms with Gasteiger partial charge in [0.25, 0.3) is 0 Å². The maximum Gasteiger partial charge on any atom is 0.0511 e. The van der Waals surface area contributed by atoms with Crippen LogP contribution in [0.3, 0.4) is 0 Å². The number of halogens is 1. The third-order valence-corrected chi connectivity index (χ3v) is 4.33. The van der Waals surface area contributed by atoms with Gasteiger partial charge in [0.05, 0.1) is 5.69 Å². The molecule has 0 aliphatic carbocycles. The Hall–Kier alpha value is -0.580. The first kappa shape index (κ1) is 14.8. The molecule has 2 N–H and O–H groups in total. The van der Waals surface area contributed by atoms with E-state index < -0.39 is 0 Å². The molecular formula is C15H24BrN3. The van der Waals surface area contributed by atoms with E-state index in [1.165, 1.54) is 41.8 Å². The fraction of sp³-hybridized carbons (Fsp3) is 0.600. The number of anilines is 1. The van der Waals surface area contributed by atoms with Crippen molar-refractivity contribution in [1.29, 1.82) is 0 Å². The molecule has 0 aromatic heterocycles. The minimum absolute atomic E-state index is 0.710. The van der Waals surface area contributed by atoms with Gasteiger partial charge in [-0.2, -0.15) is 0 Å². The number of nitrogens with zero attached hydrogens (tertiary/aromatic N) is 2. The van der Waals surface area contributed by atoms with Gasteiger partial charge in [-0.1, -0.05) is 13.0 Å². The first-order chi connectivity index (χ1) is 9.24. The number of rotatable bonds is 5. The molecule has 0 bridgehead atoms. The minimum atomic E-state index is 0.710. The van der Waals surface area contributed by atoms with Crippen molar-refractivity contribution in [3.8, 4) is 0 Å². The molecule has 0 spiro atoms. The Bertz CT molecular complexity index is 400. The molecule has 1 fully saturated rings. The normalized spacial score (nSPS) is 16.9. The summed E-state index contributed by atoms with van der Waals surface area (Å²) >= 11 is 3.70. The lowest BCUT2D eigenvalue weighted by molar-refractivity contribution is 0.258. The molecular weight excluding hydrogens is 302 g/mol. The van der Waals surface area contributed by atoms with E-state index >= 15 is 0 Å². The Kier molecular flexibility index (Phi) is 5.67. The van der Waals surface area contributed by atoms with Gasteiger partial charge in [-0.05, 0) is 59.6 Å². The lowest BCUT2D eigenvalue weighted by Gasteiger charge is -2.36. The molecule has 1 aromatic rings. The van der Waals surface area contributed by atoms with Crippen LogP contribution in [0.25, 0.3) is 0 Å². The van der Waals surface area contributed by atoms with Gasteiger partial charge in [0.2, 0.25) is 0 Å². The van der Waals surface area contributed by atoms with E-state index in [0.29, 0.717) is 6.54 Å². The van der Waals surface area contributed by atoms with Crippen molar-refractivity contribution in [3.05, 3.63) is 28.2 Å².